The zero-order valence-electron chi connectivity index (χ0n) is 17.4. The van der Waals surface area contributed by atoms with Crippen LogP contribution in [-0.2, 0) is 23.9 Å². The number of halogens is 4. The molecular formula is C22H18ClF3N4O3. The summed E-state index contributed by atoms with van der Waals surface area (Å²) in [6.07, 6.45) is -2.80. The molecule has 0 aliphatic carbocycles. The van der Waals surface area contributed by atoms with Gasteiger partial charge in [-0.05, 0) is 31.2 Å². The van der Waals surface area contributed by atoms with E-state index in [0.29, 0.717) is 23.6 Å². The molecular weight excluding hydrogens is 461 g/mol. The van der Waals surface area contributed by atoms with Gasteiger partial charge in [0.1, 0.15) is 5.82 Å². The number of carbonyl (C=O) groups excluding carboxylic acids is 2. The van der Waals surface area contributed by atoms with E-state index in [1.807, 2.05) is 0 Å². The highest BCUT2D eigenvalue weighted by molar-refractivity contribution is 6.34. The zero-order valence-corrected chi connectivity index (χ0v) is 18.2. The molecule has 0 bridgehead atoms. The van der Waals surface area contributed by atoms with E-state index in [2.05, 4.69) is 9.97 Å². The van der Waals surface area contributed by atoms with E-state index < -0.39 is 28.6 Å². The molecule has 1 amide bonds. The van der Waals surface area contributed by atoms with Crippen LogP contribution in [0.5, 0.6) is 0 Å². The molecule has 0 fully saturated rings. The average molecular weight is 479 g/mol. The number of hydrogen-bond donors (Lipinski definition) is 0. The number of rotatable bonds is 4. The highest BCUT2D eigenvalue weighted by Gasteiger charge is 2.36. The Labute approximate surface area is 191 Å². The summed E-state index contributed by atoms with van der Waals surface area (Å²) in [5.41, 5.74) is -0.205. The minimum absolute atomic E-state index is 0.00696. The number of ether oxygens (including phenoxy) is 1. The van der Waals surface area contributed by atoms with Crippen molar-refractivity contribution in [2.24, 2.45) is 0 Å². The van der Waals surface area contributed by atoms with Gasteiger partial charge in [-0.3, -0.25) is 9.36 Å². The van der Waals surface area contributed by atoms with Crippen LogP contribution >= 0.6 is 11.6 Å². The second-order valence-electron chi connectivity index (χ2n) is 7.21. The van der Waals surface area contributed by atoms with Crippen molar-refractivity contribution in [3.63, 3.8) is 0 Å². The maximum atomic E-state index is 13.2. The van der Waals surface area contributed by atoms with Crippen molar-refractivity contribution in [3.05, 3.63) is 76.0 Å². The number of imidazole rings is 1. The number of nitrogens with zero attached hydrogens (tertiary/aromatic N) is 4. The molecule has 0 atom stereocenters. The van der Waals surface area contributed by atoms with E-state index >= 15 is 0 Å². The van der Waals surface area contributed by atoms with Gasteiger partial charge >= 0.3 is 12.1 Å². The molecule has 1 aliphatic heterocycles. The second-order valence-corrected chi connectivity index (χ2v) is 7.59. The first-order valence-electron chi connectivity index (χ1n) is 10.1. The molecule has 3 aromatic rings. The first-order chi connectivity index (χ1) is 15.7. The summed E-state index contributed by atoms with van der Waals surface area (Å²) in [6, 6.07) is 8.43. The predicted molar refractivity (Wildman–Crippen MR) is 112 cm³/mol. The molecule has 0 radical (unpaired) electrons. The Morgan fingerprint density at radius 3 is 2.64 bits per heavy atom. The Balaban J connectivity index is 1.70. The van der Waals surface area contributed by atoms with Crippen LogP contribution in [0.2, 0.25) is 5.02 Å². The van der Waals surface area contributed by atoms with E-state index in [-0.39, 0.29) is 31.1 Å². The fourth-order valence-electron chi connectivity index (χ4n) is 3.71. The van der Waals surface area contributed by atoms with Crippen LogP contribution in [0.3, 0.4) is 0 Å². The molecule has 0 saturated carbocycles. The molecule has 7 nitrogen and oxygen atoms in total. The topological polar surface area (TPSA) is 77.3 Å². The van der Waals surface area contributed by atoms with Gasteiger partial charge in [-0.1, -0.05) is 23.7 Å². The highest BCUT2D eigenvalue weighted by atomic mass is 35.5. The molecule has 33 heavy (non-hydrogen) atoms. The Hall–Kier alpha value is -3.40. The maximum Gasteiger partial charge on any atom is 0.417 e. The maximum absolute atomic E-state index is 13.2. The lowest BCUT2D eigenvalue weighted by molar-refractivity contribution is -0.137. The summed E-state index contributed by atoms with van der Waals surface area (Å²) in [5, 5.41) is -0.646. The Morgan fingerprint density at radius 1 is 1.18 bits per heavy atom. The molecule has 0 N–H and O–H groups in total. The van der Waals surface area contributed by atoms with Crippen molar-refractivity contribution in [2.75, 3.05) is 13.2 Å². The summed E-state index contributed by atoms with van der Waals surface area (Å²) in [7, 11) is 0. The summed E-state index contributed by atoms with van der Waals surface area (Å²) in [5.74, 6) is -0.805. The van der Waals surface area contributed by atoms with Crippen LogP contribution < -0.4 is 0 Å². The standard InChI is InChI=1S/C22H18ClF3N4O3/c1-2-33-21(32)19-28-15-12-29(11-9-16(15)30(19)17-8-3-4-10-27-17)20(31)13-6-5-7-14(18(13)23)22(24,25)26/h3-8,10H,2,9,11-12H2,1H3. The number of esters is 1. The Bertz CT molecular complexity index is 1210. The lowest BCUT2D eigenvalue weighted by Crippen LogP contribution is -2.36. The van der Waals surface area contributed by atoms with Gasteiger partial charge in [-0.25, -0.2) is 14.8 Å². The van der Waals surface area contributed by atoms with Gasteiger partial charge in [0.2, 0.25) is 5.82 Å². The monoisotopic (exact) mass is 478 g/mol. The summed E-state index contributed by atoms with van der Waals surface area (Å²) in [6.45, 7) is 2.01. The molecule has 172 valence electrons. The first-order valence-corrected chi connectivity index (χ1v) is 10.4. The Morgan fingerprint density at radius 2 is 1.97 bits per heavy atom. The van der Waals surface area contributed by atoms with E-state index in [9.17, 15) is 22.8 Å². The third-order valence-electron chi connectivity index (χ3n) is 5.17. The van der Waals surface area contributed by atoms with Gasteiger partial charge in [0.25, 0.3) is 5.91 Å². The number of alkyl halides is 3. The molecule has 3 heterocycles. The molecule has 0 spiro atoms. The largest absolute Gasteiger partial charge is 0.460 e. The van der Waals surface area contributed by atoms with E-state index in [1.165, 1.54) is 11.0 Å². The second kappa shape index (κ2) is 8.86. The van der Waals surface area contributed by atoms with E-state index in [4.69, 9.17) is 16.3 Å². The van der Waals surface area contributed by atoms with Crippen molar-refractivity contribution in [1.82, 2.24) is 19.4 Å². The molecule has 2 aromatic heterocycles. The number of pyridine rings is 1. The average Bonchev–Trinajstić information content (AvgIpc) is 3.17. The fourth-order valence-corrected chi connectivity index (χ4v) is 4.02. The number of amides is 1. The van der Waals surface area contributed by atoms with Crippen LogP contribution in [-0.4, -0.2) is 44.5 Å². The number of benzene rings is 1. The zero-order chi connectivity index (χ0) is 23.8. The molecule has 0 unspecified atom stereocenters. The molecule has 1 aliphatic rings. The third kappa shape index (κ3) is 4.30. The summed E-state index contributed by atoms with van der Waals surface area (Å²) < 4.78 is 46.3. The van der Waals surface area contributed by atoms with Gasteiger partial charge in [-0.2, -0.15) is 13.2 Å². The van der Waals surface area contributed by atoms with Gasteiger partial charge in [-0.15, -0.1) is 0 Å². The lowest BCUT2D eigenvalue weighted by Gasteiger charge is -2.27. The molecule has 0 saturated heterocycles. The van der Waals surface area contributed by atoms with Crippen molar-refractivity contribution < 1.29 is 27.5 Å². The first kappa shape index (κ1) is 22.8. The van der Waals surface area contributed by atoms with Crippen LogP contribution in [0.1, 0.15) is 44.9 Å². The van der Waals surface area contributed by atoms with Crippen LogP contribution in [0.15, 0.2) is 42.6 Å². The number of carbonyl (C=O) groups is 2. The number of fused-ring (bicyclic) bond motifs is 1. The smallest absolute Gasteiger partial charge is 0.417 e. The minimum Gasteiger partial charge on any atom is -0.460 e. The fraction of sp³-hybridized carbons (Fsp3) is 0.273. The lowest BCUT2D eigenvalue weighted by atomic mass is 10.1. The Kier molecular flexibility index (Phi) is 6.11. The van der Waals surface area contributed by atoms with Gasteiger partial charge in [0.05, 0.1) is 40.7 Å². The number of hydrogen-bond acceptors (Lipinski definition) is 5. The van der Waals surface area contributed by atoms with Gasteiger partial charge < -0.3 is 9.64 Å². The van der Waals surface area contributed by atoms with Crippen molar-refractivity contribution in [3.8, 4) is 5.82 Å². The minimum atomic E-state index is -4.68. The van der Waals surface area contributed by atoms with E-state index in [1.54, 1.807) is 35.9 Å². The highest BCUT2D eigenvalue weighted by Crippen LogP contribution is 2.37. The molecule has 11 heteroatoms. The molecule has 1 aromatic carbocycles. The summed E-state index contributed by atoms with van der Waals surface area (Å²) in [4.78, 5) is 35.6. The van der Waals surface area contributed by atoms with Crippen molar-refractivity contribution in [2.45, 2.75) is 26.1 Å². The summed E-state index contributed by atoms with van der Waals surface area (Å²) >= 11 is 5.94. The van der Waals surface area contributed by atoms with Crippen molar-refractivity contribution >= 4 is 23.5 Å². The quantitative estimate of drug-likeness (QED) is 0.522. The predicted octanol–water partition coefficient (Wildman–Crippen LogP) is 4.31. The van der Waals surface area contributed by atoms with Crippen LogP contribution in [0, 0.1) is 0 Å². The third-order valence-corrected chi connectivity index (χ3v) is 5.58. The van der Waals surface area contributed by atoms with Crippen molar-refractivity contribution in [1.29, 1.82) is 0 Å². The molecule has 4 rings (SSSR count). The number of aromatic nitrogens is 3. The van der Waals surface area contributed by atoms with E-state index in [0.717, 1.165) is 12.1 Å². The van der Waals surface area contributed by atoms with Gasteiger partial charge in [0.15, 0.2) is 0 Å². The van der Waals surface area contributed by atoms with Crippen LogP contribution in [0.25, 0.3) is 5.82 Å². The van der Waals surface area contributed by atoms with Crippen LogP contribution in [0.4, 0.5) is 13.2 Å². The SMILES string of the molecule is CCOC(=O)c1nc2c(n1-c1ccccn1)CCN(C(=O)c1cccc(C(F)(F)F)c1Cl)C2. The van der Waals surface area contributed by atoms with Gasteiger partial charge in [0, 0.05) is 19.2 Å². The normalized spacial score (nSPS) is 13.5.